The molecular weight excluding hydrogens is 468 g/mol. The number of aromatic carboxylic acids is 1. The van der Waals surface area contributed by atoms with E-state index in [-0.39, 0.29) is 23.3 Å². The highest BCUT2D eigenvalue weighted by molar-refractivity contribution is 6.07. The maximum atomic E-state index is 11.6. The van der Waals surface area contributed by atoms with Gasteiger partial charge in [0.1, 0.15) is 11.3 Å². The summed E-state index contributed by atoms with van der Waals surface area (Å²) in [5.41, 5.74) is 11.1. The number of carbonyl (C=O) groups is 1. The van der Waals surface area contributed by atoms with Crippen LogP contribution in [0, 0.1) is 11.8 Å². The molecule has 0 radical (unpaired) electrons. The number of morpholine rings is 1. The van der Waals surface area contributed by atoms with Gasteiger partial charge in [0.2, 0.25) is 0 Å². The Morgan fingerprint density at radius 1 is 1.11 bits per heavy atom. The first-order valence-electron chi connectivity index (χ1n) is 12.8. The normalized spacial score (nSPS) is 25.9. The van der Waals surface area contributed by atoms with Crippen molar-refractivity contribution in [3.63, 3.8) is 0 Å². The monoisotopic (exact) mass is 500 g/mol. The highest BCUT2D eigenvalue weighted by Crippen LogP contribution is 2.33. The van der Waals surface area contributed by atoms with Gasteiger partial charge >= 0.3 is 5.97 Å². The Hall–Kier alpha value is -3.60. The molecule has 192 valence electrons. The third-order valence-corrected chi connectivity index (χ3v) is 7.24. The van der Waals surface area contributed by atoms with Gasteiger partial charge in [-0.2, -0.15) is 0 Å². The van der Waals surface area contributed by atoms with Gasteiger partial charge in [0.05, 0.1) is 25.0 Å². The second-order valence-corrected chi connectivity index (χ2v) is 10.1. The molecule has 1 unspecified atom stereocenters. The fraction of sp³-hybridized carbons (Fsp3) is 0.400. The van der Waals surface area contributed by atoms with Crippen molar-refractivity contribution in [2.75, 3.05) is 33.0 Å². The highest BCUT2D eigenvalue weighted by atomic mass is 16.5. The minimum absolute atomic E-state index is 0.132. The van der Waals surface area contributed by atoms with Gasteiger partial charge < -0.3 is 24.6 Å². The molecule has 3 atom stereocenters. The molecule has 0 amide bonds. The van der Waals surface area contributed by atoms with Crippen molar-refractivity contribution in [3.8, 4) is 5.75 Å². The summed E-state index contributed by atoms with van der Waals surface area (Å²) < 4.78 is 11.5. The number of benzene rings is 1. The first-order chi connectivity index (χ1) is 17.9. The minimum Gasteiger partial charge on any atom is -0.507 e. The summed E-state index contributed by atoms with van der Waals surface area (Å²) in [4.78, 5) is 19.1. The van der Waals surface area contributed by atoms with Gasteiger partial charge in [0.15, 0.2) is 5.82 Å². The van der Waals surface area contributed by atoms with Gasteiger partial charge in [-0.3, -0.25) is 0 Å². The Labute approximate surface area is 217 Å². The first kappa shape index (κ1) is 25.1. The predicted molar refractivity (Wildman–Crippen MR) is 141 cm³/mol. The standard InChI is InChI=1S/C30H32N2O5/c1-19-15-24(11-13-36-17-19)29-25-8-5-21(23-6-9-27(33)26(16-23)30(34)35)3-4-22(25)7-10-28(31-29)32-12-14-37-18-20(32)2/h3,5-9,16,19-20,24,33H,11-15,17-18H2,1-2H3,(H,34,35)/t19-,20+,24?/m1/s1. The molecule has 1 aromatic carbocycles. The van der Waals surface area contributed by atoms with Crippen molar-refractivity contribution in [2.45, 2.75) is 32.7 Å². The van der Waals surface area contributed by atoms with E-state index in [4.69, 9.17) is 14.5 Å². The van der Waals surface area contributed by atoms with E-state index in [1.165, 1.54) is 12.1 Å². The fourth-order valence-corrected chi connectivity index (χ4v) is 5.23. The lowest BCUT2D eigenvalue weighted by Crippen LogP contribution is -2.42. The number of aromatic hydroxyl groups is 1. The van der Waals surface area contributed by atoms with Crippen LogP contribution in [0.5, 0.6) is 5.75 Å². The second-order valence-electron chi connectivity index (χ2n) is 10.1. The molecule has 2 fully saturated rings. The molecule has 0 spiro atoms. The number of hydrogen-bond acceptors (Lipinski definition) is 6. The smallest absolute Gasteiger partial charge is 0.339 e. The van der Waals surface area contributed by atoms with Crippen molar-refractivity contribution in [1.82, 2.24) is 4.90 Å². The van der Waals surface area contributed by atoms with Crippen LogP contribution in [-0.4, -0.2) is 65.8 Å². The van der Waals surface area contributed by atoms with Crippen LogP contribution in [0.25, 0.3) is 5.57 Å². The molecular formula is C30H32N2O5. The van der Waals surface area contributed by atoms with E-state index in [1.807, 2.05) is 24.3 Å². The number of ether oxygens (including phenoxy) is 2. The van der Waals surface area contributed by atoms with E-state index in [2.05, 4.69) is 30.2 Å². The average molecular weight is 501 g/mol. The minimum atomic E-state index is -1.17. The molecule has 4 aliphatic rings. The molecule has 0 aromatic heterocycles. The SMILES string of the molecule is C[C@H]1COCCC(C2=NC(N3CCOC[C@@H]3C)=C=CC3=C=CC(c4ccc(O)c(C(=O)O)c4)=CC=C32)C1. The molecule has 37 heavy (non-hydrogen) atoms. The van der Waals surface area contributed by atoms with E-state index < -0.39 is 5.97 Å². The average Bonchev–Trinajstić information content (AvgIpc) is 3.30. The van der Waals surface area contributed by atoms with Crippen molar-refractivity contribution in [3.05, 3.63) is 82.1 Å². The third-order valence-electron chi connectivity index (χ3n) is 7.24. The van der Waals surface area contributed by atoms with Crippen molar-refractivity contribution < 1.29 is 24.5 Å². The Balaban J connectivity index is 1.61. The summed E-state index contributed by atoms with van der Waals surface area (Å²) in [5.74, 6) is 0.0427. The van der Waals surface area contributed by atoms with Crippen LogP contribution in [0.15, 0.2) is 75.9 Å². The molecule has 3 aliphatic heterocycles. The molecule has 7 nitrogen and oxygen atoms in total. The van der Waals surface area contributed by atoms with Crippen LogP contribution in [0.1, 0.15) is 42.6 Å². The number of rotatable bonds is 4. The molecule has 3 heterocycles. The summed E-state index contributed by atoms with van der Waals surface area (Å²) in [6.07, 6.45) is 9.69. The van der Waals surface area contributed by atoms with Gasteiger partial charge in [-0.15, -0.1) is 5.73 Å². The van der Waals surface area contributed by atoms with Crippen LogP contribution >= 0.6 is 0 Å². The first-order valence-corrected chi connectivity index (χ1v) is 12.8. The predicted octanol–water partition coefficient (Wildman–Crippen LogP) is 4.73. The summed E-state index contributed by atoms with van der Waals surface area (Å²) in [5, 5.41) is 19.4. The lowest BCUT2D eigenvalue weighted by atomic mass is 9.84. The Morgan fingerprint density at radius 2 is 1.95 bits per heavy atom. The summed E-state index contributed by atoms with van der Waals surface area (Å²) in [6, 6.07) is 4.81. The summed E-state index contributed by atoms with van der Waals surface area (Å²) in [6.45, 7) is 7.90. The number of nitrogens with zero attached hydrogens (tertiary/aromatic N) is 2. The molecule has 5 rings (SSSR count). The second kappa shape index (κ2) is 10.8. The van der Waals surface area contributed by atoms with E-state index in [1.54, 1.807) is 6.07 Å². The molecule has 1 aliphatic carbocycles. The zero-order valence-electron chi connectivity index (χ0n) is 21.2. The lowest BCUT2D eigenvalue weighted by Gasteiger charge is -2.34. The van der Waals surface area contributed by atoms with Crippen molar-refractivity contribution in [2.24, 2.45) is 16.8 Å². The van der Waals surface area contributed by atoms with Crippen molar-refractivity contribution >= 4 is 17.3 Å². The zero-order chi connectivity index (χ0) is 25.9. The maximum absolute atomic E-state index is 11.6. The number of carboxylic acid groups (broad SMARTS) is 1. The van der Waals surface area contributed by atoms with E-state index in [0.717, 1.165) is 54.2 Å². The lowest BCUT2D eigenvalue weighted by molar-refractivity contribution is 0.0165. The molecule has 7 heteroatoms. The fourth-order valence-electron chi connectivity index (χ4n) is 5.23. The van der Waals surface area contributed by atoms with Crippen molar-refractivity contribution in [1.29, 1.82) is 0 Å². The van der Waals surface area contributed by atoms with E-state index >= 15 is 0 Å². The Morgan fingerprint density at radius 3 is 2.76 bits per heavy atom. The number of carboxylic acids is 1. The number of aliphatic imine (C=N–C) groups is 1. The molecule has 1 aromatic rings. The van der Waals surface area contributed by atoms with E-state index in [0.29, 0.717) is 31.3 Å². The Bertz CT molecular complexity index is 1320. The molecule has 2 saturated heterocycles. The van der Waals surface area contributed by atoms with Crippen LogP contribution in [-0.2, 0) is 9.47 Å². The summed E-state index contributed by atoms with van der Waals surface area (Å²) >= 11 is 0. The molecule has 0 bridgehead atoms. The molecule has 0 saturated carbocycles. The van der Waals surface area contributed by atoms with Crippen LogP contribution in [0.3, 0.4) is 0 Å². The van der Waals surface area contributed by atoms with E-state index in [9.17, 15) is 15.0 Å². The largest absolute Gasteiger partial charge is 0.507 e. The third kappa shape index (κ3) is 5.41. The van der Waals surface area contributed by atoms with Crippen LogP contribution in [0.2, 0.25) is 0 Å². The number of phenols is 1. The maximum Gasteiger partial charge on any atom is 0.339 e. The van der Waals surface area contributed by atoms with Crippen LogP contribution in [0.4, 0.5) is 0 Å². The highest BCUT2D eigenvalue weighted by Gasteiger charge is 2.29. The number of fused-ring (bicyclic) bond motifs is 1. The topological polar surface area (TPSA) is 91.6 Å². The number of hydrogen-bond donors (Lipinski definition) is 2. The zero-order valence-corrected chi connectivity index (χ0v) is 21.2. The van der Waals surface area contributed by atoms with Gasteiger partial charge in [-0.1, -0.05) is 30.9 Å². The quantitative estimate of drug-likeness (QED) is 0.581. The molecule has 2 N–H and O–H groups in total. The number of allylic oxidation sites excluding steroid dienone is 6. The Kier molecular flexibility index (Phi) is 7.31. The summed E-state index contributed by atoms with van der Waals surface area (Å²) in [7, 11) is 0. The van der Waals surface area contributed by atoms with Gasteiger partial charge in [-0.05, 0) is 61.1 Å². The van der Waals surface area contributed by atoms with Crippen LogP contribution < -0.4 is 0 Å². The van der Waals surface area contributed by atoms with Gasteiger partial charge in [0, 0.05) is 36.8 Å². The van der Waals surface area contributed by atoms with Gasteiger partial charge in [-0.25, -0.2) is 9.79 Å². The van der Waals surface area contributed by atoms with Gasteiger partial charge in [0.25, 0.3) is 0 Å².